The van der Waals surface area contributed by atoms with Gasteiger partial charge in [0.2, 0.25) is 5.13 Å². The van der Waals surface area contributed by atoms with Crippen LogP contribution in [0.1, 0.15) is 15.9 Å². The highest BCUT2D eigenvalue weighted by atomic mass is 32.2. The fourth-order valence-electron chi connectivity index (χ4n) is 2.24. The van der Waals surface area contributed by atoms with Gasteiger partial charge in [0, 0.05) is 23.7 Å². The molecule has 0 aliphatic heterocycles. The van der Waals surface area contributed by atoms with Crippen molar-refractivity contribution in [1.29, 1.82) is 0 Å². The number of nitrogens with zero attached hydrogens (tertiary/aromatic N) is 2. The van der Waals surface area contributed by atoms with Gasteiger partial charge in [-0.2, -0.15) is 4.37 Å². The monoisotopic (exact) mass is 427 g/mol. The molecule has 0 spiro atoms. The average molecular weight is 427 g/mol. The van der Waals surface area contributed by atoms with E-state index >= 15 is 0 Å². The molecular weight excluding hydrogens is 416 g/mol. The summed E-state index contributed by atoms with van der Waals surface area (Å²) in [6, 6.07) is 4.95. The van der Waals surface area contributed by atoms with Gasteiger partial charge in [-0.05, 0) is 30.7 Å². The Morgan fingerprint density at radius 1 is 1.18 bits per heavy atom. The highest BCUT2D eigenvalue weighted by molar-refractivity contribution is 7.93. The number of hydrogen-bond donors (Lipinski definition) is 2. The number of aromatic nitrogens is 2. The van der Waals surface area contributed by atoms with Crippen molar-refractivity contribution in [3.63, 3.8) is 0 Å². The molecule has 12 heteroatoms. The van der Waals surface area contributed by atoms with Crippen LogP contribution in [-0.2, 0) is 10.0 Å². The lowest BCUT2D eigenvalue weighted by Gasteiger charge is -2.11. The van der Waals surface area contributed by atoms with E-state index in [0.29, 0.717) is 17.7 Å². The standard InChI is InChI=1S/C16H11F2N3O5S2/c1-8-2-9(15(22)23)4-10(3-8)26-13-5-12(18)14(6-11(13)17)28(24,25)21-16-19-7-20-27-16/h2-7H,1H3,(H,22,23)(H,19,20,21). The molecule has 0 aliphatic rings. The zero-order valence-electron chi connectivity index (χ0n) is 14.0. The minimum atomic E-state index is -4.44. The first-order chi connectivity index (χ1) is 13.2. The fourth-order valence-corrected chi connectivity index (χ4v) is 3.97. The van der Waals surface area contributed by atoms with Crippen LogP contribution in [0, 0.1) is 18.6 Å². The van der Waals surface area contributed by atoms with Crippen LogP contribution >= 0.6 is 11.5 Å². The van der Waals surface area contributed by atoms with Crippen LogP contribution < -0.4 is 9.46 Å². The van der Waals surface area contributed by atoms with Gasteiger partial charge in [0.1, 0.15) is 22.8 Å². The van der Waals surface area contributed by atoms with Crippen molar-refractivity contribution in [2.75, 3.05) is 4.72 Å². The molecule has 146 valence electrons. The van der Waals surface area contributed by atoms with Crippen molar-refractivity contribution in [1.82, 2.24) is 9.36 Å². The van der Waals surface area contributed by atoms with Crippen LogP contribution in [0.5, 0.6) is 11.5 Å². The number of carboxylic acid groups (broad SMARTS) is 1. The van der Waals surface area contributed by atoms with Gasteiger partial charge in [0.25, 0.3) is 10.0 Å². The van der Waals surface area contributed by atoms with E-state index in [2.05, 4.69) is 9.36 Å². The molecule has 0 fully saturated rings. The van der Waals surface area contributed by atoms with E-state index in [4.69, 9.17) is 9.84 Å². The third kappa shape index (κ3) is 4.23. The summed E-state index contributed by atoms with van der Waals surface area (Å²) in [5, 5.41) is 8.95. The molecule has 2 aromatic carbocycles. The predicted octanol–water partition coefficient (Wildman–Crippen LogP) is 3.42. The number of carbonyl (C=O) groups is 1. The Kier molecular flexibility index (Phi) is 5.25. The minimum Gasteiger partial charge on any atom is -0.478 e. The third-order valence-corrected chi connectivity index (χ3v) is 5.45. The van der Waals surface area contributed by atoms with Gasteiger partial charge >= 0.3 is 5.97 Å². The first kappa shape index (κ1) is 19.6. The molecule has 1 aromatic heterocycles. The first-order valence-corrected chi connectivity index (χ1v) is 9.73. The number of ether oxygens (including phenoxy) is 1. The molecule has 0 aliphatic carbocycles. The molecule has 0 unspecified atom stereocenters. The van der Waals surface area contributed by atoms with Gasteiger partial charge in [0.05, 0.1) is 5.56 Å². The van der Waals surface area contributed by atoms with Crippen molar-refractivity contribution < 1.29 is 31.8 Å². The summed E-state index contributed by atoms with van der Waals surface area (Å²) in [6.45, 7) is 1.60. The van der Waals surface area contributed by atoms with E-state index in [1.807, 2.05) is 4.72 Å². The number of carboxylic acids is 1. The summed E-state index contributed by atoms with van der Waals surface area (Å²) in [6.07, 6.45) is 1.10. The molecule has 3 aromatic rings. The van der Waals surface area contributed by atoms with E-state index in [0.717, 1.165) is 23.9 Å². The number of aryl methyl sites for hydroxylation is 1. The lowest BCUT2D eigenvalue weighted by molar-refractivity contribution is 0.0696. The number of anilines is 1. The largest absolute Gasteiger partial charge is 0.478 e. The van der Waals surface area contributed by atoms with Crippen LogP contribution in [0.25, 0.3) is 0 Å². The normalized spacial score (nSPS) is 11.2. The van der Waals surface area contributed by atoms with Crippen LogP contribution in [0.15, 0.2) is 41.6 Å². The molecule has 0 saturated carbocycles. The van der Waals surface area contributed by atoms with E-state index in [9.17, 15) is 22.0 Å². The summed E-state index contributed by atoms with van der Waals surface area (Å²) >= 11 is 0.724. The number of hydrogen-bond acceptors (Lipinski definition) is 7. The Bertz CT molecular complexity index is 1150. The van der Waals surface area contributed by atoms with Gasteiger partial charge in [-0.25, -0.2) is 27.0 Å². The van der Waals surface area contributed by atoms with Crippen LogP contribution in [0.3, 0.4) is 0 Å². The highest BCUT2D eigenvalue weighted by Gasteiger charge is 2.24. The van der Waals surface area contributed by atoms with E-state index in [1.54, 1.807) is 6.92 Å². The van der Waals surface area contributed by atoms with Gasteiger partial charge in [-0.1, -0.05) is 0 Å². The van der Waals surface area contributed by atoms with E-state index in [1.165, 1.54) is 12.1 Å². The molecule has 2 N–H and O–H groups in total. The summed E-state index contributed by atoms with van der Waals surface area (Å²) in [4.78, 5) is 13.8. The molecule has 0 saturated heterocycles. The second kappa shape index (κ2) is 7.48. The van der Waals surface area contributed by atoms with Crippen LogP contribution in [0.2, 0.25) is 0 Å². The van der Waals surface area contributed by atoms with Crippen LogP contribution in [0.4, 0.5) is 13.9 Å². The number of rotatable bonds is 6. The van der Waals surface area contributed by atoms with Crippen molar-refractivity contribution in [2.45, 2.75) is 11.8 Å². The van der Waals surface area contributed by atoms with Gasteiger partial charge in [-0.15, -0.1) is 0 Å². The Morgan fingerprint density at radius 2 is 1.93 bits per heavy atom. The number of nitrogens with one attached hydrogen (secondary N) is 1. The summed E-state index contributed by atoms with van der Waals surface area (Å²) in [5.74, 6) is -4.28. The van der Waals surface area contributed by atoms with E-state index < -0.39 is 38.3 Å². The Labute approximate surface area is 161 Å². The third-order valence-electron chi connectivity index (χ3n) is 3.38. The molecule has 28 heavy (non-hydrogen) atoms. The maximum atomic E-state index is 14.4. The Morgan fingerprint density at radius 3 is 2.57 bits per heavy atom. The number of halogens is 2. The second-order valence-corrected chi connectivity index (χ2v) is 7.94. The first-order valence-electron chi connectivity index (χ1n) is 7.47. The Hall–Kier alpha value is -3.12. The van der Waals surface area contributed by atoms with Crippen LogP contribution in [-0.4, -0.2) is 28.9 Å². The quantitative estimate of drug-likeness (QED) is 0.619. The highest BCUT2D eigenvalue weighted by Crippen LogP contribution is 2.30. The van der Waals surface area contributed by atoms with Crippen molar-refractivity contribution in [3.8, 4) is 11.5 Å². The van der Waals surface area contributed by atoms with Gasteiger partial charge in [-0.3, -0.25) is 4.72 Å². The maximum absolute atomic E-state index is 14.4. The predicted molar refractivity (Wildman–Crippen MR) is 95.3 cm³/mol. The second-order valence-electron chi connectivity index (χ2n) is 5.51. The zero-order valence-corrected chi connectivity index (χ0v) is 15.6. The summed E-state index contributed by atoms with van der Waals surface area (Å²) in [5.41, 5.74) is 0.424. The van der Waals surface area contributed by atoms with Gasteiger partial charge < -0.3 is 9.84 Å². The molecule has 0 atom stereocenters. The summed E-state index contributed by atoms with van der Waals surface area (Å²) < 4.78 is 64.0. The average Bonchev–Trinajstić information content (AvgIpc) is 3.09. The number of sulfonamides is 1. The van der Waals surface area contributed by atoms with Crippen molar-refractivity contribution >= 4 is 32.7 Å². The molecule has 3 rings (SSSR count). The molecule has 0 amide bonds. The minimum absolute atomic E-state index is 0.0432. The van der Waals surface area contributed by atoms with Crippen molar-refractivity contribution in [2.24, 2.45) is 0 Å². The molecule has 1 heterocycles. The maximum Gasteiger partial charge on any atom is 0.335 e. The molecule has 0 bridgehead atoms. The molecule has 8 nitrogen and oxygen atoms in total. The molecular formula is C16H11F2N3O5S2. The Balaban J connectivity index is 1.93. The number of benzene rings is 2. The smallest absolute Gasteiger partial charge is 0.335 e. The van der Waals surface area contributed by atoms with E-state index in [-0.39, 0.29) is 16.4 Å². The lowest BCUT2D eigenvalue weighted by atomic mass is 10.1. The topological polar surface area (TPSA) is 118 Å². The number of aromatic carboxylic acids is 1. The summed E-state index contributed by atoms with van der Waals surface area (Å²) in [7, 11) is -4.44. The van der Waals surface area contributed by atoms with Gasteiger partial charge in [0.15, 0.2) is 11.6 Å². The fraction of sp³-hybridized carbons (Fsp3) is 0.0625. The molecule has 0 radical (unpaired) electrons. The van der Waals surface area contributed by atoms with Crippen molar-refractivity contribution in [3.05, 3.63) is 59.4 Å². The lowest BCUT2D eigenvalue weighted by Crippen LogP contribution is -2.15. The zero-order chi connectivity index (χ0) is 20.5. The SMILES string of the molecule is Cc1cc(Oc2cc(F)c(S(=O)(=O)Nc3ncns3)cc2F)cc(C(=O)O)c1.